The second kappa shape index (κ2) is 15.4. The van der Waals surface area contributed by atoms with E-state index in [1.54, 1.807) is 59.6 Å². The number of esters is 1. The Morgan fingerprint density at radius 2 is 1.74 bits per heavy atom. The monoisotopic (exact) mass is 714 g/mol. The third-order valence-corrected chi connectivity index (χ3v) is 8.87. The molecule has 264 valence electrons. The largest absolute Gasteiger partial charge is 0.448 e. The van der Waals surface area contributed by atoms with Crippen molar-refractivity contribution in [2.24, 2.45) is 16.4 Å². The SMILES string of the molecule is Cc1ccc(-c2cc(C(F)(F)F)nn2-c2ccc(S(=O)(=O)NC(=O)OCC3CCCN(N=NOC(C)OC(=O)c4ccccc4)C3)cc2)cc1. The van der Waals surface area contributed by atoms with Gasteiger partial charge in [-0.1, -0.05) is 48.0 Å². The molecule has 2 unspecified atom stereocenters. The maximum absolute atomic E-state index is 13.5. The van der Waals surface area contributed by atoms with Crippen molar-refractivity contribution >= 4 is 22.1 Å². The number of aromatic nitrogens is 2. The van der Waals surface area contributed by atoms with Gasteiger partial charge in [-0.05, 0) is 67.5 Å². The number of ether oxygens (including phenoxy) is 2. The minimum Gasteiger partial charge on any atom is -0.448 e. The van der Waals surface area contributed by atoms with Crippen LogP contribution in [0.1, 0.15) is 41.4 Å². The maximum atomic E-state index is 13.5. The molecule has 0 spiro atoms. The van der Waals surface area contributed by atoms with E-state index in [1.165, 1.54) is 19.1 Å². The Hall–Kier alpha value is -5.45. The Balaban J connectivity index is 1.13. The van der Waals surface area contributed by atoms with Crippen molar-refractivity contribution in [3.8, 4) is 16.9 Å². The Labute approximate surface area is 285 Å². The summed E-state index contributed by atoms with van der Waals surface area (Å²) < 4.78 is 79.7. The van der Waals surface area contributed by atoms with Crippen molar-refractivity contribution in [2.45, 2.75) is 44.1 Å². The third-order valence-electron chi connectivity index (χ3n) is 7.55. The first kappa shape index (κ1) is 35.8. The molecule has 1 aliphatic heterocycles. The number of amides is 1. The van der Waals surface area contributed by atoms with E-state index >= 15 is 0 Å². The van der Waals surface area contributed by atoms with E-state index in [0.717, 1.165) is 28.4 Å². The summed E-state index contributed by atoms with van der Waals surface area (Å²) in [5.74, 6) is -0.771. The normalized spacial score (nSPS) is 15.8. The van der Waals surface area contributed by atoms with Crippen molar-refractivity contribution < 1.29 is 45.5 Å². The zero-order chi connectivity index (χ0) is 35.9. The minimum atomic E-state index is -4.70. The molecule has 2 atom stereocenters. The predicted octanol–water partition coefficient (Wildman–Crippen LogP) is 6.50. The molecule has 0 radical (unpaired) electrons. The van der Waals surface area contributed by atoms with Crippen molar-refractivity contribution in [1.29, 1.82) is 0 Å². The number of piperidine rings is 1. The molecule has 1 aliphatic rings. The highest BCUT2D eigenvalue weighted by molar-refractivity contribution is 7.90. The van der Waals surface area contributed by atoms with Crippen LogP contribution in [0.3, 0.4) is 0 Å². The van der Waals surface area contributed by atoms with Crippen molar-refractivity contribution in [3.05, 3.63) is 102 Å². The number of hydrogen-bond donors (Lipinski definition) is 1. The average Bonchev–Trinajstić information content (AvgIpc) is 3.55. The highest BCUT2D eigenvalue weighted by atomic mass is 32.2. The summed E-state index contributed by atoms with van der Waals surface area (Å²) in [5, 5.41) is 12.9. The number of alkyl halides is 3. The fourth-order valence-electron chi connectivity index (χ4n) is 5.02. The van der Waals surface area contributed by atoms with Crippen molar-refractivity contribution in [3.63, 3.8) is 0 Å². The van der Waals surface area contributed by atoms with E-state index in [2.05, 4.69) is 15.6 Å². The Morgan fingerprint density at radius 1 is 1.04 bits per heavy atom. The lowest BCUT2D eigenvalue weighted by atomic mass is 10.0. The molecule has 1 N–H and O–H groups in total. The van der Waals surface area contributed by atoms with E-state index in [-0.39, 0.29) is 28.8 Å². The Morgan fingerprint density at radius 3 is 2.42 bits per heavy atom. The van der Waals surface area contributed by atoms with E-state index < -0.39 is 40.2 Å². The van der Waals surface area contributed by atoms with Crippen molar-refractivity contribution in [1.82, 2.24) is 19.5 Å². The first-order chi connectivity index (χ1) is 23.8. The number of sulfonamides is 1. The molecule has 13 nitrogen and oxygen atoms in total. The maximum Gasteiger partial charge on any atom is 0.435 e. The molecule has 17 heteroatoms. The van der Waals surface area contributed by atoms with Crippen LogP contribution in [0, 0.1) is 12.8 Å². The molecule has 3 aromatic carbocycles. The van der Waals surface area contributed by atoms with Gasteiger partial charge >= 0.3 is 18.2 Å². The van der Waals surface area contributed by atoms with Gasteiger partial charge < -0.3 is 14.3 Å². The fraction of sp³-hybridized carbons (Fsp3) is 0.303. The summed E-state index contributed by atoms with van der Waals surface area (Å²) in [6.45, 7) is 4.10. The number of nitrogens with one attached hydrogen (secondary N) is 1. The van der Waals surface area contributed by atoms with Crippen LogP contribution in [0.2, 0.25) is 0 Å². The zero-order valence-electron chi connectivity index (χ0n) is 26.9. The lowest BCUT2D eigenvalue weighted by Gasteiger charge is -2.29. The van der Waals surface area contributed by atoms with Gasteiger partial charge in [0, 0.05) is 36.8 Å². The molecule has 0 aliphatic carbocycles. The van der Waals surface area contributed by atoms with Crippen LogP contribution in [-0.2, 0) is 30.5 Å². The number of rotatable bonds is 11. The summed E-state index contributed by atoms with van der Waals surface area (Å²) in [4.78, 5) is 29.4. The number of carbonyl (C=O) groups is 2. The zero-order valence-corrected chi connectivity index (χ0v) is 27.7. The summed E-state index contributed by atoms with van der Waals surface area (Å²) in [5.41, 5.74) is 0.976. The number of hydrogen-bond acceptors (Lipinski definition) is 10. The average molecular weight is 715 g/mol. The van der Waals surface area contributed by atoms with Gasteiger partial charge in [-0.25, -0.2) is 27.4 Å². The van der Waals surface area contributed by atoms with E-state index in [0.29, 0.717) is 37.1 Å². The summed E-state index contributed by atoms with van der Waals surface area (Å²) in [7, 11) is -4.38. The number of aryl methyl sites for hydroxylation is 1. The van der Waals surface area contributed by atoms with Crippen LogP contribution in [0.25, 0.3) is 16.9 Å². The third kappa shape index (κ3) is 9.37. The van der Waals surface area contributed by atoms with Crippen LogP contribution >= 0.6 is 0 Å². The van der Waals surface area contributed by atoms with Crippen molar-refractivity contribution in [2.75, 3.05) is 19.7 Å². The lowest BCUT2D eigenvalue weighted by molar-refractivity contribution is -0.141. The summed E-state index contributed by atoms with van der Waals surface area (Å²) in [6.07, 6.45) is -5.54. The molecule has 2 heterocycles. The first-order valence-electron chi connectivity index (χ1n) is 15.4. The number of halogens is 3. The van der Waals surface area contributed by atoms with E-state index in [9.17, 15) is 31.2 Å². The van der Waals surface area contributed by atoms with E-state index in [1.807, 2.05) is 11.6 Å². The first-order valence-corrected chi connectivity index (χ1v) is 16.9. The fourth-order valence-corrected chi connectivity index (χ4v) is 5.91. The highest BCUT2D eigenvalue weighted by Crippen LogP contribution is 2.33. The quantitative estimate of drug-likeness (QED) is 0.0794. The van der Waals surface area contributed by atoms with Gasteiger partial charge in [-0.15, -0.1) is 0 Å². The molecule has 0 bridgehead atoms. The predicted molar refractivity (Wildman–Crippen MR) is 172 cm³/mol. The molecule has 50 heavy (non-hydrogen) atoms. The number of benzene rings is 3. The smallest absolute Gasteiger partial charge is 0.435 e. The number of carbonyl (C=O) groups excluding carboxylic acids is 2. The molecule has 5 rings (SSSR count). The van der Waals surface area contributed by atoms with Gasteiger partial charge in [0.25, 0.3) is 16.3 Å². The number of nitrogens with zero attached hydrogens (tertiary/aromatic N) is 5. The molecule has 4 aromatic rings. The molecule has 1 fully saturated rings. The lowest BCUT2D eigenvalue weighted by Crippen LogP contribution is -2.36. The second-order valence-corrected chi connectivity index (χ2v) is 13.1. The Kier molecular flexibility index (Phi) is 11.0. The van der Waals surface area contributed by atoms with Gasteiger partial charge in [0.2, 0.25) is 0 Å². The molecule has 0 saturated carbocycles. The van der Waals surface area contributed by atoms with Crippen LogP contribution in [0.4, 0.5) is 18.0 Å². The standard InChI is InChI=1S/C33H33F3N6O7S/c1-22-10-12-25(13-11-22)29-19-30(33(34,35)36)37-42(29)27-14-16-28(17-15-27)50(45,46)38-32(44)47-21-24-7-6-18-41(20-24)39-40-49-23(2)48-31(43)26-8-4-3-5-9-26/h3-5,8-17,19,23-24H,6-7,18,20-21H2,1-2H3,(H,38,44). The van der Waals surface area contributed by atoms with Gasteiger partial charge in [0.05, 0.1) is 28.4 Å². The highest BCUT2D eigenvalue weighted by Gasteiger charge is 2.35. The molecule has 1 amide bonds. The molecular weight excluding hydrogens is 681 g/mol. The van der Waals surface area contributed by atoms with Crippen LogP contribution in [0.5, 0.6) is 0 Å². The summed E-state index contributed by atoms with van der Waals surface area (Å²) >= 11 is 0. The van der Waals surface area contributed by atoms with Crippen LogP contribution in [0.15, 0.2) is 100 Å². The molecular formula is C33H33F3N6O7S. The van der Waals surface area contributed by atoms with Gasteiger partial charge in [0.1, 0.15) is 0 Å². The minimum absolute atomic E-state index is 0.110. The molecule has 1 saturated heterocycles. The summed E-state index contributed by atoms with van der Waals surface area (Å²) in [6, 6.07) is 21.0. The second-order valence-electron chi connectivity index (χ2n) is 11.4. The van der Waals surface area contributed by atoms with Crippen LogP contribution < -0.4 is 4.72 Å². The van der Waals surface area contributed by atoms with Crippen LogP contribution in [-0.4, -0.2) is 61.3 Å². The van der Waals surface area contributed by atoms with Gasteiger partial charge in [-0.3, -0.25) is 5.01 Å². The van der Waals surface area contributed by atoms with Gasteiger partial charge in [0.15, 0.2) is 5.69 Å². The Bertz CT molecular complexity index is 1920. The topological polar surface area (TPSA) is 154 Å². The molecule has 1 aromatic heterocycles. The van der Waals surface area contributed by atoms with E-state index in [4.69, 9.17) is 14.3 Å². The van der Waals surface area contributed by atoms with Gasteiger partial charge in [-0.2, -0.15) is 18.3 Å².